The fourth-order valence-corrected chi connectivity index (χ4v) is 2.01. The van der Waals surface area contributed by atoms with Crippen molar-refractivity contribution in [3.63, 3.8) is 0 Å². The molecule has 2 rings (SSSR count). The van der Waals surface area contributed by atoms with Crippen LogP contribution in [0.4, 0.5) is 5.95 Å². The summed E-state index contributed by atoms with van der Waals surface area (Å²) >= 11 is 1.54. The predicted octanol–water partition coefficient (Wildman–Crippen LogP) is 2.40. The van der Waals surface area contributed by atoms with Gasteiger partial charge in [0.2, 0.25) is 5.95 Å². The van der Waals surface area contributed by atoms with Crippen molar-refractivity contribution >= 4 is 17.7 Å². The Morgan fingerprint density at radius 3 is 2.47 bits per heavy atom. The quantitative estimate of drug-likeness (QED) is 0.844. The van der Waals surface area contributed by atoms with Crippen LogP contribution in [0.25, 0.3) is 0 Å². The molecule has 0 aliphatic carbocycles. The van der Waals surface area contributed by atoms with Crippen LogP contribution in [0, 0.1) is 0 Å². The highest BCUT2D eigenvalue weighted by molar-refractivity contribution is 7.99. The molecule has 17 heavy (non-hydrogen) atoms. The summed E-state index contributed by atoms with van der Waals surface area (Å²) in [5, 5.41) is 10.1. The van der Waals surface area contributed by atoms with Crippen LogP contribution in [0.3, 0.4) is 0 Å². The Labute approximate surface area is 104 Å². The Morgan fingerprint density at radius 1 is 1.12 bits per heavy atom. The molecular weight excluding hydrogens is 234 g/mol. The van der Waals surface area contributed by atoms with Gasteiger partial charge < -0.3 is 10.0 Å². The van der Waals surface area contributed by atoms with Crippen molar-refractivity contribution in [1.29, 1.82) is 0 Å². The molecule has 0 aliphatic rings. The third-order valence-electron chi connectivity index (χ3n) is 2.08. The van der Waals surface area contributed by atoms with Crippen molar-refractivity contribution in [3.8, 4) is 5.75 Å². The van der Waals surface area contributed by atoms with Gasteiger partial charge in [-0.1, -0.05) is 11.8 Å². The Kier molecular flexibility index (Phi) is 3.49. The molecule has 0 unspecified atom stereocenters. The minimum absolute atomic E-state index is 0.269. The number of phenolic OH excluding ortho intramolecular Hbond substituents is 1. The zero-order valence-corrected chi connectivity index (χ0v) is 10.5. The standard InChI is InChI=1S/C12H13N3OS/c1-15(2)12-13-8-7-11(14-12)17-10-5-3-9(16)4-6-10/h3-8,16H,1-2H3. The number of nitrogens with zero attached hydrogens (tertiary/aromatic N) is 3. The first-order valence-electron chi connectivity index (χ1n) is 5.12. The lowest BCUT2D eigenvalue weighted by Crippen LogP contribution is -2.12. The monoisotopic (exact) mass is 247 g/mol. The largest absolute Gasteiger partial charge is 0.508 e. The maximum absolute atomic E-state index is 9.20. The van der Waals surface area contributed by atoms with Gasteiger partial charge in [0.1, 0.15) is 10.8 Å². The second-order valence-corrected chi connectivity index (χ2v) is 4.78. The van der Waals surface area contributed by atoms with Gasteiger partial charge in [0, 0.05) is 25.2 Å². The lowest BCUT2D eigenvalue weighted by molar-refractivity contribution is 0.475. The SMILES string of the molecule is CN(C)c1nccc(Sc2ccc(O)cc2)n1. The lowest BCUT2D eigenvalue weighted by Gasteiger charge is -2.10. The van der Waals surface area contributed by atoms with E-state index in [4.69, 9.17) is 0 Å². The number of aromatic hydroxyl groups is 1. The molecule has 2 aromatic rings. The maximum atomic E-state index is 9.20. The lowest BCUT2D eigenvalue weighted by atomic mass is 10.3. The average Bonchev–Trinajstić information content (AvgIpc) is 2.32. The smallest absolute Gasteiger partial charge is 0.225 e. The molecule has 4 nitrogen and oxygen atoms in total. The van der Waals surface area contributed by atoms with Crippen molar-refractivity contribution in [2.24, 2.45) is 0 Å². The predicted molar refractivity (Wildman–Crippen MR) is 68.6 cm³/mol. The summed E-state index contributed by atoms with van der Waals surface area (Å²) in [5.41, 5.74) is 0. The summed E-state index contributed by atoms with van der Waals surface area (Å²) in [5.74, 6) is 0.958. The first-order chi connectivity index (χ1) is 8.15. The van der Waals surface area contributed by atoms with Crippen LogP contribution in [0.5, 0.6) is 5.75 Å². The van der Waals surface area contributed by atoms with E-state index in [1.54, 1.807) is 18.3 Å². The fourth-order valence-electron chi connectivity index (χ4n) is 1.24. The summed E-state index contributed by atoms with van der Waals surface area (Å²) in [6, 6.07) is 8.91. The van der Waals surface area contributed by atoms with Crippen LogP contribution >= 0.6 is 11.8 Å². The first-order valence-corrected chi connectivity index (χ1v) is 5.94. The maximum Gasteiger partial charge on any atom is 0.225 e. The van der Waals surface area contributed by atoms with E-state index < -0.39 is 0 Å². The molecule has 0 spiro atoms. The van der Waals surface area contributed by atoms with Gasteiger partial charge in [0.05, 0.1) is 0 Å². The van der Waals surface area contributed by atoms with E-state index >= 15 is 0 Å². The van der Waals surface area contributed by atoms with E-state index in [2.05, 4.69) is 9.97 Å². The Hall–Kier alpha value is -1.75. The van der Waals surface area contributed by atoms with Crippen molar-refractivity contribution in [3.05, 3.63) is 36.5 Å². The number of rotatable bonds is 3. The normalized spacial score (nSPS) is 10.2. The summed E-state index contributed by atoms with van der Waals surface area (Å²) in [6.45, 7) is 0. The van der Waals surface area contributed by atoms with Crippen LogP contribution in [0.15, 0.2) is 46.5 Å². The average molecular weight is 247 g/mol. The zero-order chi connectivity index (χ0) is 12.3. The molecule has 0 aliphatic heterocycles. The molecule has 1 N–H and O–H groups in total. The summed E-state index contributed by atoms with van der Waals surface area (Å²) < 4.78 is 0. The number of aromatic nitrogens is 2. The highest BCUT2D eigenvalue weighted by Gasteiger charge is 2.03. The molecule has 0 saturated heterocycles. The van der Waals surface area contributed by atoms with E-state index in [0.717, 1.165) is 9.92 Å². The molecule has 1 heterocycles. The second-order valence-electron chi connectivity index (χ2n) is 3.69. The van der Waals surface area contributed by atoms with Gasteiger partial charge in [-0.2, -0.15) is 0 Å². The van der Waals surface area contributed by atoms with E-state index in [1.165, 1.54) is 11.8 Å². The Bertz CT molecular complexity index is 499. The Morgan fingerprint density at radius 2 is 1.82 bits per heavy atom. The van der Waals surface area contributed by atoms with E-state index in [9.17, 15) is 5.11 Å². The third kappa shape index (κ3) is 3.10. The van der Waals surface area contributed by atoms with Crippen LogP contribution in [-0.2, 0) is 0 Å². The van der Waals surface area contributed by atoms with Gasteiger partial charge in [-0.3, -0.25) is 0 Å². The van der Waals surface area contributed by atoms with Crippen LogP contribution in [0.2, 0.25) is 0 Å². The molecule has 0 saturated carbocycles. The van der Waals surface area contributed by atoms with Gasteiger partial charge in [0.25, 0.3) is 0 Å². The number of hydrogen-bond acceptors (Lipinski definition) is 5. The minimum Gasteiger partial charge on any atom is -0.508 e. The molecule has 1 aromatic heterocycles. The molecule has 0 radical (unpaired) electrons. The van der Waals surface area contributed by atoms with Gasteiger partial charge in [-0.25, -0.2) is 9.97 Å². The van der Waals surface area contributed by atoms with E-state index in [0.29, 0.717) is 5.95 Å². The van der Waals surface area contributed by atoms with Gasteiger partial charge in [0.15, 0.2) is 0 Å². The fraction of sp³-hybridized carbons (Fsp3) is 0.167. The first kappa shape index (κ1) is 11.7. The van der Waals surface area contributed by atoms with Gasteiger partial charge >= 0.3 is 0 Å². The van der Waals surface area contributed by atoms with Gasteiger partial charge in [-0.05, 0) is 30.3 Å². The summed E-state index contributed by atoms with van der Waals surface area (Å²) in [7, 11) is 3.81. The van der Waals surface area contributed by atoms with Crippen molar-refractivity contribution < 1.29 is 5.11 Å². The number of benzene rings is 1. The van der Waals surface area contributed by atoms with Crippen LogP contribution < -0.4 is 4.90 Å². The third-order valence-corrected chi connectivity index (χ3v) is 3.02. The summed E-state index contributed by atoms with van der Waals surface area (Å²) in [6.07, 6.45) is 1.74. The van der Waals surface area contributed by atoms with Crippen LogP contribution in [-0.4, -0.2) is 29.2 Å². The summed E-state index contributed by atoms with van der Waals surface area (Å²) in [4.78, 5) is 11.5. The van der Waals surface area contributed by atoms with Gasteiger partial charge in [-0.15, -0.1) is 0 Å². The molecule has 0 fully saturated rings. The molecule has 0 atom stereocenters. The highest BCUT2D eigenvalue weighted by atomic mass is 32.2. The number of hydrogen-bond donors (Lipinski definition) is 1. The number of anilines is 1. The second kappa shape index (κ2) is 5.05. The van der Waals surface area contributed by atoms with E-state index in [-0.39, 0.29) is 5.75 Å². The Balaban J connectivity index is 2.18. The van der Waals surface area contributed by atoms with Crippen LogP contribution in [0.1, 0.15) is 0 Å². The molecule has 0 amide bonds. The minimum atomic E-state index is 0.269. The molecule has 88 valence electrons. The van der Waals surface area contributed by atoms with E-state index in [1.807, 2.05) is 37.2 Å². The highest BCUT2D eigenvalue weighted by Crippen LogP contribution is 2.27. The molecule has 1 aromatic carbocycles. The zero-order valence-electron chi connectivity index (χ0n) is 9.66. The molecule has 0 bridgehead atoms. The topological polar surface area (TPSA) is 49.2 Å². The molecule has 5 heteroatoms. The number of phenols is 1. The van der Waals surface area contributed by atoms with Crippen molar-refractivity contribution in [2.75, 3.05) is 19.0 Å². The van der Waals surface area contributed by atoms with Crippen molar-refractivity contribution in [2.45, 2.75) is 9.92 Å². The molecular formula is C12H13N3OS. The van der Waals surface area contributed by atoms with Crippen molar-refractivity contribution in [1.82, 2.24) is 9.97 Å².